The van der Waals surface area contributed by atoms with E-state index in [-0.39, 0.29) is 18.1 Å². The number of carbonyl (C=O) groups is 1. The number of benzene rings is 2. The highest BCUT2D eigenvalue weighted by molar-refractivity contribution is 6.62. The van der Waals surface area contributed by atoms with Crippen LogP contribution in [0.4, 0.5) is 0 Å². The fourth-order valence-electron chi connectivity index (χ4n) is 3.16. The predicted molar refractivity (Wildman–Crippen MR) is 107 cm³/mol. The number of primary amides is 1. The van der Waals surface area contributed by atoms with Crippen LogP contribution in [0.3, 0.4) is 0 Å². The summed E-state index contributed by atoms with van der Waals surface area (Å²) in [6.07, 6.45) is 0.756. The first-order valence-corrected chi connectivity index (χ1v) is 9.15. The molecule has 142 valence electrons. The molecule has 1 aliphatic rings. The number of nitrogens with two attached hydrogens (primary N) is 1. The Morgan fingerprint density at radius 1 is 1.07 bits per heavy atom. The van der Waals surface area contributed by atoms with Gasteiger partial charge in [-0.1, -0.05) is 30.3 Å². The van der Waals surface area contributed by atoms with E-state index in [1.54, 1.807) is 18.2 Å². The van der Waals surface area contributed by atoms with E-state index in [0.29, 0.717) is 6.42 Å². The molecule has 0 unspecified atom stereocenters. The number of phenols is 1. The summed E-state index contributed by atoms with van der Waals surface area (Å²) in [5.74, 6) is -0.152. The summed E-state index contributed by atoms with van der Waals surface area (Å²) < 4.78 is 12.3. The standard InChI is InChI=1S/C21H26BNO4/c1-20(2)21(3,4)27-22(26-20)16-9-10-18(14-6-5-7-17(24)13-14)15(12-16)8-11-19(23)25/h5-7,9-10,12-13,24H,8,11H2,1-4H3,(H2,23,25). The van der Waals surface area contributed by atoms with Crippen LogP contribution in [0.15, 0.2) is 42.5 Å². The Hall–Kier alpha value is -2.31. The molecule has 0 saturated carbocycles. The van der Waals surface area contributed by atoms with Crippen molar-refractivity contribution >= 4 is 18.5 Å². The number of carbonyl (C=O) groups excluding carboxylic acids is 1. The lowest BCUT2D eigenvalue weighted by Gasteiger charge is -2.32. The third-order valence-electron chi connectivity index (χ3n) is 5.45. The lowest BCUT2D eigenvalue weighted by Crippen LogP contribution is -2.41. The summed E-state index contributed by atoms with van der Waals surface area (Å²) in [4.78, 5) is 11.3. The van der Waals surface area contributed by atoms with E-state index in [1.165, 1.54) is 0 Å². The SMILES string of the molecule is CC1(C)OB(c2ccc(-c3cccc(O)c3)c(CCC(N)=O)c2)OC1(C)C. The molecule has 0 spiro atoms. The third-order valence-corrected chi connectivity index (χ3v) is 5.45. The number of amides is 1. The Morgan fingerprint density at radius 2 is 1.74 bits per heavy atom. The van der Waals surface area contributed by atoms with Gasteiger partial charge in [0.25, 0.3) is 0 Å². The van der Waals surface area contributed by atoms with Crippen LogP contribution < -0.4 is 11.2 Å². The molecule has 0 bridgehead atoms. The summed E-state index contributed by atoms with van der Waals surface area (Å²) >= 11 is 0. The summed E-state index contributed by atoms with van der Waals surface area (Å²) in [5, 5.41) is 9.81. The van der Waals surface area contributed by atoms with E-state index in [0.717, 1.165) is 22.2 Å². The van der Waals surface area contributed by atoms with Gasteiger partial charge in [0, 0.05) is 6.42 Å². The van der Waals surface area contributed by atoms with Crippen molar-refractivity contribution in [1.82, 2.24) is 0 Å². The van der Waals surface area contributed by atoms with Crippen LogP contribution in [0.25, 0.3) is 11.1 Å². The van der Waals surface area contributed by atoms with Gasteiger partial charge >= 0.3 is 7.12 Å². The maximum Gasteiger partial charge on any atom is 0.494 e. The molecule has 5 nitrogen and oxygen atoms in total. The molecule has 0 aromatic heterocycles. The quantitative estimate of drug-likeness (QED) is 0.797. The van der Waals surface area contributed by atoms with Crippen molar-refractivity contribution in [1.29, 1.82) is 0 Å². The van der Waals surface area contributed by atoms with Crippen molar-refractivity contribution in [2.45, 2.75) is 51.7 Å². The minimum Gasteiger partial charge on any atom is -0.508 e. The highest BCUT2D eigenvalue weighted by Gasteiger charge is 2.51. The van der Waals surface area contributed by atoms with Gasteiger partial charge in [-0.2, -0.15) is 0 Å². The topological polar surface area (TPSA) is 81.8 Å². The molecule has 3 N–H and O–H groups in total. The number of rotatable bonds is 5. The van der Waals surface area contributed by atoms with E-state index in [1.807, 2.05) is 52.0 Å². The molecule has 2 aromatic rings. The molecular formula is C21H26BNO4. The second kappa shape index (κ2) is 7.02. The molecule has 1 amide bonds. The Morgan fingerprint density at radius 3 is 2.33 bits per heavy atom. The predicted octanol–water partition coefficient (Wildman–Crippen LogP) is 2.78. The summed E-state index contributed by atoms with van der Waals surface area (Å²) in [5.41, 5.74) is 8.21. The van der Waals surface area contributed by atoms with Gasteiger partial charge < -0.3 is 20.1 Å². The average Bonchev–Trinajstić information content (AvgIpc) is 2.80. The van der Waals surface area contributed by atoms with Crippen molar-refractivity contribution in [3.8, 4) is 16.9 Å². The van der Waals surface area contributed by atoms with Gasteiger partial charge in [-0.05, 0) is 68.4 Å². The molecule has 0 atom stereocenters. The molecule has 2 aromatic carbocycles. The second-order valence-electron chi connectivity index (χ2n) is 8.02. The fourth-order valence-corrected chi connectivity index (χ4v) is 3.16. The smallest absolute Gasteiger partial charge is 0.494 e. The van der Waals surface area contributed by atoms with E-state index in [2.05, 4.69) is 0 Å². The van der Waals surface area contributed by atoms with E-state index in [9.17, 15) is 9.90 Å². The number of aryl methyl sites for hydroxylation is 1. The van der Waals surface area contributed by atoms with E-state index >= 15 is 0 Å². The first-order valence-electron chi connectivity index (χ1n) is 9.15. The van der Waals surface area contributed by atoms with Crippen LogP contribution in [0.5, 0.6) is 5.75 Å². The first-order chi connectivity index (χ1) is 12.6. The van der Waals surface area contributed by atoms with Crippen LogP contribution in [-0.2, 0) is 20.5 Å². The number of phenolic OH excluding ortho intramolecular Hbond substituents is 1. The van der Waals surface area contributed by atoms with Crippen molar-refractivity contribution in [2.24, 2.45) is 5.73 Å². The minimum absolute atomic E-state index is 0.198. The van der Waals surface area contributed by atoms with Gasteiger partial charge in [0.05, 0.1) is 11.2 Å². The van der Waals surface area contributed by atoms with Crippen molar-refractivity contribution in [3.05, 3.63) is 48.0 Å². The Balaban J connectivity index is 1.99. The normalized spacial score (nSPS) is 17.9. The van der Waals surface area contributed by atoms with Gasteiger partial charge in [-0.3, -0.25) is 4.79 Å². The molecule has 0 radical (unpaired) electrons. The van der Waals surface area contributed by atoms with Gasteiger partial charge in [0.15, 0.2) is 0 Å². The Bertz CT molecular complexity index is 847. The zero-order valence-electron chi connectivity index (χ0n) is 16.3. The lowest BCUT2D eigenvalue weighted by molar-refractivity contribution is -0.117. The lowest BCUT2D eigenvalue weighted by atomic mass is 9.77. The third kappa shape index (κ3) is 4.02. The van der Waals surface area contributed by atoms with Crippen LogP contribution in [0, 0.1) is 0 Å². The summed E-state index contributed by atoms with van der Waals surface area (Å²) in [6, 6.07) is 13.0. The second-order valence-corrected chi connectivity index (χ2v) is 8.02. The molecule has 3 rings (SSSR count). The fraction of sp³-hybridized carbons (Fsp3) is 0.381. The van der Waals surface area contributed by atoms with Crippen molar-refractivity contribution < 1.29 is 19.2 Å². The summed E-state index contributed by atoms with van der Waals surface area (Å²) in [6.45, 7) is 8.06. The van der Waals surface area contributed by atoms with Crippen LogP contribution in [0.1, 0.15) is 39.7 Å². The summed E-state index contributed by atoms with van der Waals surface area (Å²) in [7, 11) is -0.472. The van der Waals surface area contributed by atoms with Crippen LogP contribution in [0.2, 0.25) is 0 Å². The number of hydrogen-bond acceptors (Lipinski definition) is 4. The van der Waals surface area contributed by atoms with Gasteiger partial charge in [0.1, 0.15) is 5.75 Å². The molecule has 1 heterocycles. The number of aromatic hydroxyl groups is 1. The number of hydrogen-bond donors (Lipinski definition) is 2. The molecule has 1 saturated heterocycles. The van der Waals surface area contributed by atoms with Crippen molar-refractivity contribution in [2.75, 3.05) is 0 Å². The highest BCUT2D eigenvalue weighted by atomic mass is 16.7. The zero-order chi connectivity index (χ0) is 19.8. The first kappa shape index (κ1) is 19.5. The van der Waals surface area contributed by atoms with Gasteiger partial charge in [0.2, 0.25) is 5.91 Å². The maximum atomic E-state index is 11.3. The maximum absolute atomic E-state index is 11.3. The minimum atomic E-state index is -0.472. The molecule has 1 fully saturated rings. The molecule has 0 aliphatic carbocycles. The van der Waals surface area contributed by atoms with Crippen LogP contribution in [-0.4, -0.2) is 29.3 Å². The molecular weight excluding hydrogens is 341 g/mol. The van der Waals surface area contributed by atoms with E-state index in [4.69, 9.17) is 15.0 Å². The van der Waals surface area contributed by atoms with Crippen LogP contribution >= 0.6 is 0 Å². The molecule has 1 aliphatic heterocycles. The largest absolute Gasteiger partial charge is 0.508 e. The zero-order valence-corrected chi connectivity index (χ0v) is 16.3. The van der Waals surface area contributed by atoms with Gasteiger partial charge in [-0.25, -0.2) is 0 Å². The Labute approximate surface area is 160 Å². The highest BCUT2D eigenvalue weighted by Crippen LogP contribution is 2.37. The van der Waals surface area contributed by atoms with E-state index < -0.39 is 18.3 Å². The Kier molecular flexibility index (Phi) is 5.06. The molecule has 6 heteroatoms. The van der Waals surface area contributed by atoms with Crippen molar-refractivity contribution in [3.63, 3.8) is 0 Å². The average molecular weight is 367 g/mol. The monoisotopic (exact) mass is 367 g/mol. The van der Waals surface area contributed by atoms with Gasteiger partial charge in [-0.15, -0.1) is 0 Å². The molecule has 27 heavy (non-hydrogen) atoms.